The van der Waals surface area contributed by atoms with E-state index in [0.717, 1.165) is 0 Å². The van der Waals surface area contributed by atoms with Crippen LogP contribution in [0.1, 0.15) is 41.5 Å². The van der Waals surface area contributed by atoms with Crippen molar-refractivity contribution < 1.29 is 14.3 Å². The molecule has 5 nitrogen and oxygen atoms in total. The number of carbonyl (C=O) groups excluding carboxylic acids is 2. The Balaban J connectivity index is 4.25. The van der Waals surface area contributed by atoms with Gasteiger partial charge in [-0.15, -0.1) is 0 Å². The molecular weight excluding hydrogens is 256 g/mol. The number of amides is 2. The molecule has 0 saturated carbocycles. The normalized spacial score (nSPS) is 12.7. The fourth-order valence-corrected chi connectivity index (χ4v) is 1.28. The third kappa shape index (κ3) is 10.2. The maximum atomic E-state index is 11.6. The molecule has 0 saturated heterocycles. The third-order valence-corrected chi connectivity index (χ3v) is 2.09. The van der Waals surface area contributed by atoms with Crippen molar-refractivity contribution in [2.75, 3.05) is 6.54 Å². The van der Waals surface area contributed by atoms with Gasteiger partial charge in [-0.1, -0.05) is 18.2 Å². The van der Waals surface area contributed by atoms with Crippen LogP contribution in [0, 0.1) is 0 Å². The second kappa shape index (κ2) is 7.72. The first-order chi connectivity index (χ1) is 9.06. The van der Waals surface area contributed by atoms with Gasteiger partial charge in [-0.25, -0.2) is 4.79 Å². The molecule has 0 aliphatic carbocycles. The van der Waals surface area contributed by atoms with Crippen molar-refractivity contribution in [3.8, 4) is 0 Å². The van der Waals surface area contributed by atoms with Gasteiger partial charge < -0.3 is 15.4 Å². The molecule has 0 heterocycles. The number of carbonyl (C=O) groups is 2. The zero-order valence-corrected chi connectivity index (χ0v) is 13.2. The van der Waals surface area contributed by atoms with Gasteiger partial charge in [0.25, 0.3) is 0 Å². The molecule has 0 aromatic heterocycles. The van der Waals surface area contributed by atoms with Gasteiger partial charge in [-0.05, 0) is 41.5 Å². The van der Waals surface area contributed by atoms with Crippen molar-refractivity contribution in [3.63, 3.8) is 0 Å². The lowest BCUT2D eigenvalue weighted by Gasteiger charge is -2.27. The summed E-state index contributed by atoms with van der Waals surface area (Å²) in [6, 6.07) is 0. The van der Waals surface area contributed by atoms with E-state index in [2.05, 4.69) is 10.6 Å². The van der Waals surface area contributed by atoms with E-state index in [-0.39, 0.29) is 12.5 Å². The summed E-state index contributed by atoms with van der Waals surface area (Å²) in [5.74, 6) is -0.209. The van der Waals surface area contributed by atoms with Gasteiger partial charge in [-0.3, -0.25) is 4.79 Å². The van der Waals surface area contributed by atoms with Gasteiger partial charge in [0.15, 0.2) is 0 Å². The van der Waals surface area contributed by atoms with Crippen molar-refractivity contribution in [1.82, 2.24) is 10.6 Å². The summed E-state index contributed by atoms with van der Waals surface area (Å²) in [7, 11) is 0. The first-order valence-electron chi connectivity index (χ1n) is 6.64. The summed E-state index contributed by atoms with van der Waals surface area (Å²) in [5, 5.41) is 5.44. The molecule has 0 aromatic rings. The molecule has 0 radical (unpaired) electrons. The highest BCUT2D eigenvalue weighted by Crippen LogP contribution is 2.07. The average molecular weight is 282 g/mol. The predicted molar refractivity (Wildman–Crippen MR) is 80.4 cm³/mol. The van der Waals surface area contributed by atoms with Crippen LogP contribution in [0.3, 0.4) is 0 Å². The largest absolute Gasteiger partial charge is 0.444 e. The molecule has 2 amide bonds. The summed E-state index contributed by atoms with van der Waals surface area (Å²) in [5.41, 5.74) is -1.10. The van der Waals surface area contributed by atoms with Crippen molar-refractivity contribution in [3.05, 3.63) is 24.3 Å². The van der Waals surface area contributed by atoms with Gasteiger partial charge in [0, 0.05) is 12.6 Å². The second-order valence-electron chi connectivity index (χ2n) is 6.11. The highest BCUT2D eigenvalue weighted by molar-refractivity contribution is 5.88. The minimum absolute atomic E-state index is 0.209. The molecule has 0 aromatic carbocycles. The maximum absolute atomic E-state index is 11.6. The molecule has 114 valence electrons. The molecule has 0 spiro atoms. The Kier molecular flexibility index (Phi) is 7.04. The average Bonchev–Trinajstić information content (AvgIpc) is 2.24. The van der Waals surface area contributed by atoms with E-state index in [4.69, 9.17) is 4.74 Å². The van der Waals surface area contributed by atoms with Gasteiger partial charge in [0.05, 0.1) is 5.54 Å². The molecule has 0 aliphatic heterocycles. The van der Waals surface area contributed by atoms with Crippen LogP contribution in [0.4, 0.5) is 4.79 Å². The van der Waals surface area contributed by atoms with Crippen molar-refractivity contribution >= 4 is 12.0 Å². The van der Waals surface area contributed by atoms with E-state index in [0.29, 0.717) is 0 Å². The molecule has 0 fully saturated rings. The molecule has 0 aliphatic rings. The Morgan fingerprint density at radius 2 is 1.70 bits per heavy atom. The Hall–Kier alpha value is -1.78. The van der Waals surface area contributed by atoms with E-state index < -0.39 is 17.2 Å². The summed E-state index contributed by atoms with van der Waals surface area (Å²) in [6.45, 7) is 11.2. The summed E-state index contributed by atoms with van der Waals surface area (Å²) in [6.07, 6.45) is 6.20. The highest BCUT2D eigenvalue weighted by atomic mass is 16.6. The lowest BCUT2D eigenvalue weighted by Crippen LogP contribution is -2.51. The van der Waals surface area contributed by atoms with Gasteiger partial charge in [0.1, 0.15) is 5.60 Å². The standard InChI is InChI=1S/C15H26N2O3/c1-7-8-9-10-12(18)17-15(5,6)11-16-13(19)20-14(2,3)4/h7-10H,11H2,1-6H3,(H,16,19)(H,17,18)/b8-7+,10-9+. The van der Waals surface area contributed by atoms with Crippen LogP contribution < -0.4 is 10.6 Å². The van der Waals surface area contributed by atoms with E-state index >= 15 is 0 Å². The summed E-state index contributed by atoms with van der Waals surface area (Å²) in [4.78, 5) is 23.2. The zero-order valence-electron chi connectivity index (χ0n) is 13.2. The van der Waals surface area contributed by atoms with E-state index in [1.54, 1.807) is 32.9 Å². The Morgan fingerprint density at radius 3 is 2.20 bits per heavy atom. The molecule has 0 unspecified atom stereocenters. The van der Waals surface area contributed by atoms with Crippen LogP contribution in [0.5, 0.6) is 0 Å². The predicted octanol–water partition coefficient (Wildman–Crippen LogP) is 2.54. The minimum atomic E-state index is -0.561. The van der Waals surface area contributed by atoms with Crippen LogP contribution in [0.2, 0.25) is 0 Å². The van der Waals surface area contributed by atoms with E-state index in [1.165, 1.54) is 6.08 Å². The number of hydrogen-bond donors (Lipinski definition) is 2. The van der Waals surface area contributed by atoms with E-state index in [9.17, 15) is 9.59 Å². The lowest BCUT2D eigenvalue weighted by molar-refractivity contribution is -0.118. The number of nitrogens with one attached hydrogen (secondary N) is 2. The smallest absolute Gasteiger partial charge is 0.407 e. The topological polar surface area (TPSA) is 67.4 Å². The van der Waals surface area contributed by atoms with Gasteiger partial charge in [0.2, 0.25) is 5.91 Å². The number of allylic oxidation sites excluding steroid dienone is 3. The van der Waals surface area contributed by atoms with Crippen molar-refractivity contribution in [1.29, 1.82) is 0 Å². The molecule has 0 bridgehead atoms. The molecule has 0 rings (SSSR count). The molecule has 0 atom stereocenters. The third-order valence-electron chi connectivity index (χ3n) is 2.09. The first kappa shape index (κ1) is 18.2. The minimum Gasteiger partial charge on any atom is -0.444 e. The van der Waals surface area contributed by atoms with Crippen LogP contribution in [-0.2, 0) is 9.53 Å². The quantitative estimate of drug-likeness (QED) is 0.601. The van der Waals surface area contributed by atoms with Crippen LogP contribution in [0.25, 0.3) is 0 Å². The Labute approximate surface area is 121 Å². The molecule has 5 heteroatoms. The van der Waals surface area contributed by atoms with Gasteiger partial charge in [-0.2, -0.15) is 0 Å². The Morgan fingerprint density at radius 1 is 1.10 bits per heavy atom. The number of rotatable bonds is 5. The number of ether oxygens (including phenoxy) is 1. The SMILES string of the molecule is C/C=C/C=C/C(=O)NC(C)(C)CNC(=O)OC(C)(C)C. The molecular formula is C15H26N2O3. The number of alkyl carbamates (subject to hydrolysis) is 1. The Bertz CT molecular complexity index is 390. The van der Waals surface area contributed by atoms with Crippen molar-refractivity contribution in [2.24, 2.45) is 0 Å². The van der Waals surface area contributed by atoms with E-state index in [1.807, 2.05) is 26.8 Å². The second-order valence-corrected chi connectivity index (χ2v) is 6.11. The zero-order chi connectivity index (χ0) is 15.8. The highest BCUT2D eigenvalue weighted by Gasteiger charge is 2.22. The number of hydrogen-bond acceptors (Lipinski definition) is 3. The first-order valence-corrected chi connectivity index (χ1v) is 6.64. The molecule has 20 heavy (non-hydrogen) atoms. The monoisotopic (exact) mass is 282 g/mol. The fraction of sp³-hybridized carbons (Fsp3) is 0.600. The molecule has 2 N–H and O–H groups in total. The van der Waals surface area contributed by atoms with Crippen LogP contribution in [-0.4, -0.2) is 29.7 Å². The van der Waals surface area contributed by atoms with Crippen LogP contribution in [0.15, 0.2) is 24.3 Å². The van der Waals surface area contributed by atoms with Crippen molar-refractivity contribution in [2.45, 2.75) is 52.7 Å². The lowest BCUT2D eigenvalue weighted by atomic mass is 10.1. The summed E-state index contributed by atoms with van der Waals surface area (Å²) >= 11 is 0. The maximum Gasteiger partial charge on any atom is 0.407 e. The fourth-order valence-electron chi connectivity index (χ4n) is 1.28. The van der Waals surface area contributed by atoms with Crippen LogP contribution >= 0.6 is 0 Å². The summed E-state index contributed by atoms with van der Waals surface area (Å²) < 4.78 is 5.13. The van der Waals surface area contributed by atoms with Gasteiger partial charge >= 0.3 is 6.09 Å².